The summed E-state index contributed by atoms with van der Waals surface area (Å²) in [6, 6.07) is 7.65. The van der Waals surface area contributed by atoms with Crippen LogP contribution in [0.15, 0.2) is 24.3 Å². The summed E-state index contributed by atoms with van der Waals surface area (Å²) in [6.07, 6.45) is 0.818. The van der Waals surface area contributed by atoms with E-state index in [-0.39, 0.29) is 12.3 Å². The van der Waals surface area contributed by atoms with Crippen molar-refractivity contribution in [3.8, 4) is 0 Å². The topological polar surface area (TPSA) is 75.6 Å². The predicted octanol–water partition coefficient (Wildman–Crippen LogP) is 1.36. The fourth-order valence-corrected chi connectivity index (χ4v) is 1.71. The highest BCUT2D eigenvalue weighted by Gasteiger charge is 2.04. The number of benzene rings is 1. The van der Waals surface area contributed by atoms with E-state index in [1.54, 1.807) is 7.11 Å². The Labute approximate surface area is 112 Å². The van der Waals surface area contributed by atoms with Gasteiger partial charge in [0.25, 0.3) is 0 Å². The van der Waals surface area contributed by atoms with E-state index in [2.05, 4.69) is 5.32 Å². The number of nitrogens with one attached hydrogen (secondary N) is 1. The number of aliphatic carboxylic acids is 1. The van der Waals surface area contributed by atoms with Crippen molar-refractivity contribution >= 4 is 11.9 Å². The van der Waals surface area contributed by atoms with Crippen LogP contribution in [0.2, 0.25) is 0 Å². The Bertz CT molecular complexity index is 431. The van der Waals surface area contributed by atoms with Crippen LogP contribution in [0.25, 0.3) is 0 Å². The zero-order valence-corrected chi connectivity index (χ0v) is 11.0. The SMILES string of the molecule is COCc1cccc(CC(=O)NCCCC(=O)O)c1. The number of rotatable bonds is 8. The van der Waals surface area contributed by atoms with Gasteiger partial charge in [-0.2, -0.15) is 0 Å². The van der Waals surface area contributed by atoms with Gasteiger partial charge in [0, 0.05) is 20.1 Å². The molecule has 0 aromatic heterocycles. The van der Waals surface area contributed by atoms with Gasteiger partial charge < -0.3 is 15.2 Å². The Morgan fingerprint density at radius 2 is 2.05 bits per heavy atom. The van der Waals surface area contributed by atoms with Gasteiger partial charge in [0.05, 0.1) is 13.0 Å². The fourth-order valence-electron chi connectivity index (χ4n) is 1.71. The second-order valence-electron chi connectivity index (χ2n) is 4.28. The van der Waals surface area contributed by atoms with Crippen LogP contribution in [0.4, 0.5) is 0 Å². The number of carbonyl (C=O) groups is 2. The Morgan fingerprint density at radius 1 is 1.32 bits per heavy atom. The zero-order chi connectivity index (χ0) is 14.1. The third kappa shape index (κ3) is 6.57. The Kier molecular flexibility index (Phi) is 6.60. The highest BCUT2D eigenvalue weighted by molar-refractivity contribution is 5.78. The van der Waals surface area contributed by atoms with Crippen molar-refractivity contribution in [2.75, 3.05) is 13.7 Å². The molecule has 0 aliphatic rings. The molecule has 0 saturated heterocycles. The van der Waals surface area contributed by atoms with E-state index < -0.39 is 5.97 Å². The first kappa shape index (κ1) is 15.2. The molecular formula is C14H19NO4. The summed E-state index contributed by atoms with van der Waals surface area (Å²) >= 11 is 0. The number of carboxylic acid groups (broad SMARTS) is 1. The number of carboxylic acids is 1. The first-order valence-electron chi connectivity index (χ1n) is 6.17. The minimum absolute atomic E-state index is 0.0730. The van der Waals surface area contributed by atoms with Gasteiger partial charge in [-0.1, -0.05) is 24.3 Å². The van der Waals surface area contributed by atoms with Crippen molar-refractivity contribution in [1.82, 2.24) is 5.32 Å². The molecule has 104 valence electrons. The minimum Gasteiger partial charge on any atom is -0.481 e. The molecule has 0 radical (unpaired) electrons. The van der Waals surface area contributed by atoms with Gasteiger partial charge in [0.1, 0.15) is 0 Å². The molecule has 0 spiro atoms. The van der Waals surface area contributed by atoms with Crippen LogP contribution < -0.4 is 5.32 Å². The lowest BCUT2D eigenvalue weighted by Gasteiger charge is -2.06. The van der Waals surface area contributed by atoms with Crippen LogP contribution in [-0.4, -0.2) is 30.6 Å². The van der Waals surface area contributed by atoms with Crippen LogP contribution >= 0.6 is 0 Å². The Hall–Kier alpha value is -1.88. The summed E-state index contributed by atoms with van der Waals surface area (Å²) in [5.41, 5.74) is 1.95. The van der Waals surface area contributed by atoms with Gasteiger partial charge in [-0.25, -0.2) is 0 Å². The number of amides is 1. The second kappa shape index (κ2) is 8.26. The van der Waals surface area contributed by atoms with Crippen molar-refractivity contribution < 1.29 is 19.4 Å². The van der Waals surface area contributed by atoms with E-state index in [0.29, 0.717) is 26.0 Å². The minimum atomic E-state index is -0.846. The summed E-state index contributed by atoms with van der Waals surface area (Å²) in [6.45, 7) is 0.914. The quantitative estimate of drug-likeness (QED) is 0.696. The molecule has 5 nitrogen and oxygen atoms in total. The second-order valence-corrected chi connectivity index (χ2v) is 4.28. The number of hydrogen-bond donors (Lipinski definition) is 2. The molecular weight excluding hydrogens is 246 g/mol. The van der Waals surface area contributed by atoms with E-state index >= 15 is 0 Å². The monoisotopic (exact) mass is 265 g/mol. The third-order valence-corrected chi connectivity index (χ3v) is 2.56. The molecule has 1 aromatic carbocycles. The smallest absolute Gasteiger partial charge is 0.303 e. The van der Waals surface area contributed by atoms with Crippen LogP contribution in [0.3, 0.4) is 0 Å². The van der Waals surface area contributed by atoms with Crippen LogP contribution in [-0.2, 0) is 27.4 Å². The third-order valence-electron chi connectivity index (χ3n) is 2.56. The molecule has 2 N–H and O–H groups in total. The van der Waals surface area contributed by atoms with E-state index in [1.807, 2.05) is 24.3 Å². The zero-order valence-electron chi connectivity index (χ0n) is 11.0. The standard InChI is InChI=1S/C14H19NO4/c1-19-10-12-5-2-4-11(8-12)9-13(16)15-7-3-6-14(17)18/h2,4-5,8H,3,6-7,9-10H2,1H3,(H,15,16)(H,17,18). The number of methoxy groups -OCH3 is 1. The van der Waals surface area contributed by atoms with Crippen molar-refractivity contribution in [2.45, 2.75) is 25.9 Å². The van der Waals surface area contributed by atoms with Crippen molar-refractivity contribution in [3.63, 3.8) is 0 Å². The number of hydrogen-bond acceptors (Lipinski definition) is 3. The van der Waals surface area contributed by atoms with E-state index in [1.165, 1.54) is 0 Å². The molecule has 0 heterocycles. The van der Waals surface area contributed by atoms with Crippen LogP contribution in [0, 0.1) is 0 Å². The van der Waals surface area contributed by atoms with E-state index in [9.17, 15) is 9.59 Å². The number of ether oxygens (including phenoxy) is 1. The molecule has 0 bridgehead atoms. The molecule has 0 saturated carbocycles. The average molecular weight is 265 g/mol. The maximum atomic E-state index is 11.6. The van der Waals surface area contributed by atoms with E-state index in [4.69, 9.17) is 9.84 Å². The summed E-state index contributed by atoms with van der Waals surface area (Å²) < 4.78 is 5.03. The highest BCUT2D eigenvalue weighted by Crippen LogP contribution is 2.07. The van der Waals surface area contributed by atoms with Gasteiger partial charge in [-0.3, -0.25) is 9.59 Å². The van der Waals surface area contributed by atoms with Crippen molar-refractivity contribution in [2.24, 2.45) is 0 Å². The normalized spacial score (nSPS) is 10.2. The molecule has 5 heteroatoms. The Balaban J connectivity index is 2.35. The molecule has 0 aliphatic carbocycles. The Morgan fingerprint density at radius 3 is 2.74 bits per heavy atom. The van der Waals surface area contributed by atoms with Crippen molar-refractivity contribution in [1.29, 1.82) is 0 Å². The lowest BCUT2D eigenvalue weighted by molar-refractivity contribution is -0.137. The van der Waals surface area contributed by atoms with Gasteiger partial charge in [-0.15, -0.1) is 0 Å². The molecule has 0 fully saturated rings. The van der Waals surface area contributed by atoms with Gasteiger partial charge in [0.2, 0.25) is 5.91 Å². The molecule has 1 aromatic rings. The summed E-state index contributed by atoms with van der Waals surface area (Å²) in [7, 11) is 1.63. The lowest BCUT2D eigenvalue weighted by Crippen LogP contribution is -2.26. The molecule has 19 heavy (non-hydrogen) atoms. The predicted molar refractivity (Wildman–Crippen MR) is 70.7 cm³/mol. The van der Waals surface area contributed by atoms with Crippen molar-refractivity contribution in [3.05, 3.63) is 35.4 Å². The summed E-state index contributed by atoms with van der Waals surface area (Å²) in [4.78, 5) is 21.9. The summed E-state index contributed by atoms with van der Waals surface area (Å²) in [5, 5.41) is 11.2. The number of carbonyl (C=O) groups excluding carboxylic acids is 1. The highest BCUT2D eigenvalue weighted by atomic mass is 16.5. The lowest BCUT2D eigenvalue weighted by atomic mass is 10.1. The maximum absolute atomic E-state index is 11.6. The van der Waals surface area contributed by atoms with Gasteiger partial charge in [-0.05, 0) is 17.5 Å². The fraction of sp³-hybridized carbons (Fsp3) is 0.429. The first-order valence-corrected chi connectivity index (χ1v) is 6.17. The molecule has 1 amide bonds. The van der Waals surface area contributed by atoms with Crippen LogP contribution in [0.5, 0.6) is 0 Å². The molecule has 1 rings (SSSR count). The average Bonchev–Trinajstić information content (AvgIpc) is 2.35. The molecule has 0 aliphatic heterocycles. The van der Waals surface area contributed by atoms with Gasteiger partial charge in [0.15, 0.2) is 0 Å². The van der Waals surface area contributed by atoms with Crippen LogP contribution in [0.1, 0.15) is 24.0 Å². The molecule has 0 unspecified atom stereocenters. The largest absolute Gasteiger partial charge is 0.481 e. The summed E-state index contributed by atoms with van der Waals surface area (Å²) in [5.74, 6) is -0.943. The van der Waals surface area contributed by atoms with Gasteiger partial charge >= 0.3 is 5.97 Å². The first-order chi connectivity index (χ1) is 9.11. The molecule has 0 atom stereocenters. The maximum Gasteiger partial charge on any atom is 0.303 e. The van der Waals surface area contributed by atoms with E-state index in [0.717, 1.165) is 11.1 Å².